The molecule has 0 aliphatic rings. The molecular weight excluding hydrogens is 884 g/mol. The monoisotopic (exact) mass is 928 g/mol. The van der Waals surface area contributed by atoms with Gasteiger partial charge in [-0.3, -0.25) is 0 Å². The van der Waals surface area contributed by atoms with Gasteiger partial charge in [-0.1, -0.05) is 0 Å². The molecule has 0 fully saturated rings. The van der Waals surface area contributed by atoms with Gasteiger partial charge in [-0.15, -0.1) is 0 Å². The molecule has 9 aromatic rings. The summed E-state index contributed by atoms with van der Waals surface area (Å²) in [7, 11) is -8.66. The molecule has 0 bridgehead atoms. The van der Waals surface area contributed by atoms with Gasteiger partial charge in [0, 0.05) is 0 Å². The Morgan fingerprint density at radius 2 is 0.323 bits per heavy atom. The summed E-state index contributed by atoms with van der Waals surface area (Å²) in [5.41, 5.74) is 0. The second-order valence-electron chi connectivity index (χ2n) is 14.2. The topological polar surface area (TPSA) is 44.8 Å². The van der Waals surface area contributed by atoms with E-state index >= 15 is 3.74 Å². The van der Waals surface area contributed by atoms with Crippen LogP contribution in [0, 0.1) is 0 Å². The second-order valence-corrected chi connectivity index (χ2v) is 26.9. The van der Waals surface area contributed by atoms with Gasteiger partial charge >= 0.3 is 376 Å². The number of hydrogen-bond acceptors (Lipinski definition) is 4. The van der Waals surface area contributed by atoms with Gasteiger partial charge in [-0.2, -0.15) is 0 Å². The van der Waals surface area contributed by atoms with Crippen LogP contribution in [-0.4, -0.2) is 14.5 Å². The maximum absolute atomic E-state index is 17.9. The van der Waals surface area contributed by atoms with E-state index in [2.05, 4.69) is 109 Å². The fourth-order valence-electron chi connectivity index (χ4n) is 7.57. The summed E-state index contributed by atoms with van der Waals surface area (Å²) in [5, 5.41) is 0. The van der Waals surface area contributed by atoms with Crippen LogP contribution in [0.5, 0.6) is 0 Å². The standard InChI is InChI=1S/C54H45AsO4S3/c56-55(57-60(46-28-10-1-11-29-46,47-30-12-2-13-31-47)48-32-14-3-15-33-48,58-61(49-34-16-4-17-35-49,50-36-18-5-19-37-50)51-38-20-6-21-39-51)59-62(52-40-22-7-23-41-52,53-42-24-8-25-43-53)54-44-26-9-27-45-54/h1-45H. The van der Waals surface area contributed by atoms with Crippen molar-refractivity contribution in [1.82, 2.24) is 0 Å². The number of benzene rings is 9. The first-order valence-electron chi connectivity index (χ1n) is 20.3. The normalized spacial score (nSPS) is 12.9. The molecule has 0 aliphatic heterocycles. The molecule has 9 aromatic carbocycles. The minimum absolute atomic E-state index is 0.852. The molecule has 0 spiro atoms. The van der Waals surface area contributed by atoms with Crippen molar-refractivity contribution in [2.24, 2.45) is 0 Å². The van der Waals surface area contributed by atoms with Gasteiger partial charge < -0.3 is 0 Å². The Bertz CT molecular complexity index is 2220. The van der Waals surface area contributed by atoms with Gasteiger partial charge in [0.25, 0.3) is 0 Å². The van der Waals surface area contributed by atoms with Crippen molar-refractivity contribution in [3.63, 3.8) is 0 Å². The van der Waals surface area contributed by atoms with E-state index in [1.54, 1.807) is 0 Å². The van der Waals surface area contributed by atoms with Crippen LogP contribution in [0.3, 0.4) is 0 Å². The average molecular weight is 929 g/mol. The summed E-state index contributed by atoms with van der Waals surface area (Å²) < 4.78 is 41.6. The van der Waals surface area contributed by atoms with Gasteiger partial charge in [-0.05, 0) is 0 Å². The molecule has 0 unspecified atom stereocenters. The molecule has 0 N–H and O–H groups in total. The second kappa shape index (κ2) is 18.7. The molecule has 0 aliphatic carbocycles. The molecule has 0 aromatic heterocycles. The van der Waals surface area contributed by atoms with E-state index in [-0.39, 0.29) is 0 Å². The average Bonchev–Trinajstić information content (AvgIpc) is 3.37. The summed E-state index contributed by atoms with van der Waals surface area (Å²) in [6, 6.07) is 91.2. The van der Waals surface area contributed by atoms with E-state index in [0.29, 0.717) is 0 Å². The SMILES string of the molecule is O=[As](OS(c1ccccc1)(c1ccccc1)c1ccccc1)(OS(c1ccccc1)(c1ccccc1)c1ccccc1)OS(c1ccccc1)(c1ccccc1)c1ccccc1. The first-order chi connectivity index (χ1) is 30.6. The van der Waals surface area contributed by atoms with Gasteiger partial charge in [0.15, 0.2) is 0 Å². The Morgan fingerprint density at radius 1 is 0.210 bits per heavy atom. The molecule has 0 saturated heterocycles. The maximum atomic E-state index is 17.9. The summed E-state index contributed by atoms with van der Waals surface area (Å²) in [6.45, 7) is 0. The van der Waals surface area contributed by atoms with Crippen LogP contribution >= 0.6 is 30.9 Å². The van der Waals surface area contributed by atoms with Crippen LogP contribution in [0.1, 0.15) is 0 Å². The molecule has 62 heavy (non-hydrogen) atoms. The van der Waals surface area contributed by atoms with Gasteiger partial charge in [0.05, 0.1) is 0 Å². The molecule has 0 atom stereocenters. The molecule has 308 valence electrons. The molecule has 4 nitrogen and oxygen atoms in total. The summed E-state index contributed by atoms with van der Waals surface area (Å²) in [4.78, 5) is 7.67. The molecule has 8 heteroatoms. The van der Waals surface area contributed by atoms with E-state index < -0.39 is 45.4 Å². The third-order valence-corrected chi connectivity index (χ3v) is 27.6. The van der Waals surface area contributed by atoms with Crippen LogP contribution in [0.15, 0.2) is 317 Å². The molecule has 9 rings (SSSR count). The van der Waals surface area contributed by atoms with E-state index in [1.807, 2.05) is 164 Å². The van der Waals surface area contributed by atoms with Crippen molar-refractivity contribution in [3.8, 4) is 0 Å². The van der Waals surface area contributed by atoms with E-state index in [1.165, 1.54) is 0 Å². The van der Waals surface area contributed by atoms with Crippen molar-refractivity contribution in [3.05, 3.63) is 273 Å². The zero-order valence-electron chi connectivity index (χ0n) is 33.8. The molecular formula is C54H45AsO4S3. The van der Waals surface area contributed by atoms with Crippen molar-refractivity contribution >= 4 is 45.4 Å². The third-order valence-electron chi connectivity index (χ3n) is 10.3. The predicted octanol–water partition coefficient (Wildman–Crippen LogP) is 15.6. The quantitative estimate of drug-likeness (QED) is 0.0961. The van der Waals surface area contributed by atoms with Crippen LogP contribution < -0.4 is 0 Å². The van der Waals surface area contributed by atoms with Crippen molar-refractivity contribution in [1.29, 1.82) is 0 Å². The Hall–Kier alpha value is -5.73. The zero-order valence-corrected chi connectivity index (χ0v) is 38.1. The van der Waals surface area contributed by atoms with Crippen LogP contribution in [0.4, 0.5) is 0 Å². The first kappa shape index (κ1) is 41.6. The predicted molar refractivity (Wildman–Crippen MR) is 255 cm³/mol. The van der Waals surface area contributed by atoms with Crippen molar-refractivity contribution < 1.29 is 13.3 Å². The van der Waals surface area contributed by atoms with Crippen molar-refractivity contribution in [2.75, 3.05) is 0 Å². The molecule has 0 amide bonds. The van der Waals surface area contributed by atoms with Crippen LogP contribution in [0.2, 0.25) is 0 Å². The Kier molecular flexibility index (Phi) is 12.6. The molecule has 0 heterocycles. The van der Waals surface area contributed by atoms with E-state index in [0.717, 1.165) is 44.1 Å². The number of rotatable bonds is 15. The van der Waals surface area contributed by atoms with Crippen LogP contribution in [-0.2, 0) is 13.3 Å². The fourth-order valence-corrected chi connectivity index (χ4v) is 28.2. The summed E-state index contributed by atoms with van der Waals surface area (Å²) in [5.74, 6) is 0. The summed E-state index contributed by atoms with van der Waals surface area (Å²) >= 11 is -6.01. The Morgan fingerprint density at radius 3 is 0.435 bits per heavy atom. The number of hydrogen-bond donors (Lipinski definition) is 0. The van der Waals surface area contributed by atoms with E-state index in [4.69, 9.17) is 9.52 Å². The molecule has 0 saturated carbocycles. The third kappa shape index (κ3) is 8.05. The fraction of sp³-hybridized carbons (Fsp3) is 0. The first-order valence-corrected chi connectivity index (χ1v) is 28.0. The molecule has 0 radical (unpaired) electrons. The zero-order chi connectivity index (χ0) is 42.1. The van der Waals surface area contributed by atoms with Gasteiger partial charge in [-0.25, -0.2) is 0 Å². The van der Waals surface area contributed by atoms with E-state index in [9.17, 15) is 0 Å². The summed E-state index contributed by atoms with van der Waals surface area (Å²) in [6.07, 6.45) is 0. The van der Waals surface area contributed by atoms with Crippen LogP contribution in [0.25, 0.3) is 0 Å². The van der Waals surface area contributed by atoms with Gasteiger partial charge in [0.1, 0.15) is 0 Å². The Balaban J connectivity index is 1.42. The Labute approximate surface area is 373 Å². The van der Waals surface area contributed by atoms with Gasteiger partial charge in [0.2, 0.25) is 0 Å². The minimum atomic E-state index is -6.01. The van der Waals surface area contributed by atoms with Crippen molar-refractivity contribution in [2.45, 2.75) is 44.1 Å².